The summed E-state index contributed by atoms with van der Waals surface area (Å²) in [6, 6.07) is 15.1. The smallest absolute Gasteiger partial charge is 0.169 e. The summed E-state index contributed by atoms with van der Waals surface area (Å²) in [5.41, 5.74) is 8.01. The molecule has 122 valence electrons. The standard InChI is InChI=1S/C20H22N4/c21-19-20(23-15-9-2-1-3-10-15)24-18(13-22-19)17-12-6-8-14-7-4-5-11-16(14)17/h4-8,11-13,15H,1-3,9-10H2,(H2,21,22)(H,23,24). The summed E-state index contributed by atoms with van der Waals surface area (Å²) in [6.45, 7) is 0. The summed E-state index contributed by atoms with van der Waals surface area (Å²) < 4.78 is 0. The molecule has 24 heavy (non-hydrogen) atoms. The van der Waals surface area contributed by atoms with E-state index in [4.69, 9.17) is 10.7 Å². The summed E-state index contributed by atoms with van der Waals surface area (Å²) in [5.74, 6) is 1.19. The van der Waals surface area contributed by atoms with Crippen molar-refractivity contribution >= 4 is 22.4 Å². The number of benzene rings is 2. The molecule has 1 saturated carbocycles. The molecule has 2 aromatic carbocycles. The van der Waals surface area contributed by atoms with Gasteiger partial charge in [-0.25, -0.2) is 9.97 Å². The molecule has 1 heterocycles. The predicted molar refractivity (Wildman–Crippen MR) is 99.9 cm³/mol. The second kappa shape index (κ2) is 6.48. The molecule has 0 bridgehead atoms. The van der Waals surface area contributed by atoms with Crippen LogP contribution in [0.3, 0.4) is 0 Å². The van der Waals surface area contributed by atoms with E-state index in [9.17, 15) is 0 Å². The molecule has 4 rings (SSSR count). The van der Waals surface area contributed by atoms with Crippen molar-refractivity contribution in [2.24, 2.45) is 0 Å². The number of hydrogen-bond acceptors (Lipinski definition) is 4. The number of fused-ring (bicyclic) bond motifs is 1. The van der Waals surface area contributed by atoms with E-state index in [1.54, 1.807) is 6.20 Å². The number of nitrogen functional groups attached to an aromatic ring is 1. The van der Waals surface area contributed by atoms with Gasteiger partial charge in [0.2, 0.25) is 0 Å². The van der Waals surface area contributed by atoms with Gasteiger partial charge < -0.3 is 11.1 Å². The van der Waals surface area contributed by atoms with E-state index in [0.717, 1.165) is 11.3 Å². The molecule has 0 atom stereocenters. The molecule has 1 aliphatic rings. The van der Waals surface area contributed by atoms with Crippen molar-refractivity contribution in [3.05, 3.63) is 48.7 Å². The monoisotopic (exact) mass is 318 g/mol. The van der Waals surface area contributed by atoms with Gasteiger partial charge in [-0.15, -0.1) is 0 Å². The first-order valence-electron chi connectivity index (χ1n) is 8.68. The van der Waals surface area contributed by atoms with E-state index in [2.05, 4.69) is 52.8 Å². The van der Waals surface area contributed by atoms with E-state index in [-0.39, 0.29) is 0 Å². The molecule has 0 saturated heterocycles. The van der Waals surface area contributed by atoms with E-state index in [1.807, 2.05) is 0 Å². The van der Waals surface area contributed by atoms with Gasteiger partial charge in [-0.2, -0.15) is 0 Å². The van der Waals surface area contributed by atoms with Crippen LogP contribution in [0.5, 0.6) is 0 Å². The molecule has 3 N–H and O–H groups in total. The highest BCUT2D eigenvalue weighted by atomic mass is 15.1. The minimum absolute atomic E-state index is 0.457. The summed E-state index contributed by atoms with van der Waals surface area (Å²) in [6.07, 6.45) is 8.00. The van der Waals surface area contributed by atoms with Crippen LogP contribution in [0.2, 0.25) is 0 Å². The molecular formula is C20H22N4. The second-order valence-electron chi connectivity index (χ2n) is 6.50. The van der Waals surface area contributed by atoms with Crippen LogP contribution >= 0.6 is 0 Å². The van der Waals surface area contributed by atoms with Crippen LogP contribution in [-0.4, -0.2) is 16.0 Å². The first kappa shape index (κ1) is 14.9. The Morgan fingerprint density at radius 2 is 1.75 bits per heavy atom. The zero-order valence-electron chi connectivity index (χ0n) is 13.7. The van der Waals surface area contributed by atoms with Crippen LogP contribution in [-0.2, 0) is 0 Å². The Kier molecular flexibility index (Phi) is 4.03. The lowest BCUT2D eigenvalue weighted by atomic mass is 9.95. The highest BCUT2D eigenvalue weighted by Gasteiger charge is 2.16. The first-order chi connectivity index (χ1) is 11.8. The third-order valence-electron chi connectivity index (χ3n) is 4.81. The average molecular weight is 318 g/mol. The van der Waals surface area contributed by atoms with Crippen molar-refractivity contribution in [3.8, 4) is 11.3 Å². The summed E-state index contributed by atoms with van der Waals surface area (Å²) in [7, 11) is 0. The van der Waals surface area contributed by atoms with Gasteiger partial charge in [0, 0.05) is 11.6 Å². The fraction of sp³-hybridized carbons (Fsp3) is 0.300. The zero-order chi connectivity index (χ0) is 16.4. The number of rotatable bonds is 3. The normalized spacial score (nSPS) is 15.5. The van der Waals surface area contributed by atoms with Crippen LogP contribution in [0.25, 0.3) is 22.0 Å². The molecule has 3 aromatic rings. The molecule has 4 heteroatoms. The number of anilines is 2. The molecule has 0 unspecified atom stereocenters. The van der Waals surface area contributed by atoms with Gasteiger partial charge in [0.05, 0.1) is 11.9 Å². The Hall–Kier alpha value is -2.62. The molecule has 4 nitrogen and oxygen atoms in total. The van der Waals surface area contributed by atoms with E-state index in [1.165, 1.54) is 42.9 Å². The number of nitrogens with two attached hydrogens (primary N) is 1. The molecule has 0 radical (unpaired) electrons. The summed E-state index contributed by atoms with van der Waals surface area (Å²) in [4.78, 5) is 9.17. The van der Waals surface area contributed by atoms with Crippen molar-refractivity contribution in [2.45, 2.75) is 38.1 Å². The van der Waals surface area contributed by atoms with Gasteiger partial charge in [0.1, 0.15) is 0 Å². The second-order valence-corrected chi connectivity index (χ2v) is 6.50. The lowest BCUT2D eigenvalue weighted by molar-refractivity contribution is 0.462. The van der Waals surface area contributed by atoms with E-state index in [0.29, 0.717) is 17.7 Å². The summed E-state index contributed by atoms with van der Waals surface area (Å²) >= 11 is 0. The third-order valence-corrected chi connectivity index (χ3v) is 4.81. The molecule has 1 fully saturated rings. The number of nitrogens with one attached hydrogen (secondary N) is 1. The van der Waals surface area contributed by atoms with Crippen molar-refractivity contribution < 1.29 is 0 Å². The zero-order valence-corrected chi connectivity index (χ0v) is 13.7. The maximum atomic E-state index is 6.06. The largest absolute Gasteiger partial charge is 0.381 e. The highest BCUT2D eigenvalue weighted by Crippen LogP contribution is 2.29. The van der Waals surface area contributed by atoms with E-state index < -0.39 is 0 Å². The average Bonchev–Trinajstić information content (AvgIpc) is 2.64. The lowest BCUT2D eigenvalue weighted by Crippen LogP contribution is -2.23. The Labute approximate surface area is 142 Å². The Bertz CT molecular complexity index is 848. The van der Waals surface area contributed by atoms with Crippen molar-refractivity contribution in [1.82, 2.24) is 9.97 Å². The van der Waals surface area contributed by atoms with Crippen LogP contribution in [0.1, 0.15) is 32.1 Å². The minimum Gasteiger partial charge on any atom is -0.381 e. The summed E-state index contributed by atoms with van der Waals surface area (Å²) in [5, 5.41) is 5.90. The topological polar surface area (TPSA) is 63.8 Å². The van der Waals surface area contributed by atoms with Crippen molar-refractivity contribution in [2.75, 3.05) is 11.1 Å². The van der Waals surface area contributed by atoms with Gasteiger partial charge in [0.25, 0.3) is 0 Å². The lowest BCUT2D eigenvalue weighted by Gasteiger charge is -2.23. The van der Waals surface area contributed by atoms with Crippen LogP contribution in [0.4, 0.5) is 11.6 Å². The Morgan fingerprint density at radius 3 is 2.62 bits per heavy atom. The molecule has 0 spiro atoms. The minimum atomic E-state index is 0.457. The van der Waals surface area contributed by atoms with Crippen molar-refractivity contribution in [3.63, 3.8) is 0 Å². The maximum Gasteiger partial charge on any atom is 0.169 e. The Balaban J connectivity index is 1.71. The predicted octanol–water partition coefficient (Wildman–Crippen LogP) is 4.62. The van der Waals surface area contributed by atoms with Crippen LogP contribution < -0.4 is 11.1 Å². The van der Waals surface area contributed by atoms with Crippen molar-refractivity contribution in [1.29, 1.82) is 0 Å². The van der Waals surface area contributed by atoms with Gasteiger partial charge >= 0.3 is 0 Å². The van der Waals surface area contributed by atoms with Gasteiger partial charge in [-0.1, -0.05) is 61.7 Å². The third kappa shape index (κ3) is 2.92. The molecule has 1 aliphatic carbocycles. The fourth-order valence-corrected chi connectivity index (χ4v) is 3.52. The van der Waals surface area contributed by atoms with Gasteiger partial charge in [-0.05, 0) is 23.6 Å². The van der Waals surface area contributed by atoms with E-state index >= 15 is 0 Å². The molecule has 1 aromatic heterocycles. The first-order valence-corrected chi connectivity index (χ1v) is 8.68. The maximum absolute atomic E-state index is 6.06. The highest BCUT2D eigenvalue weighted by molar-refractivity contribution is 5.95. The van der Waals surface area contributed by atoms with Gasteiger partial charge in [-0.3, -0.25) is 0 Å². The fourth-order valence-electron chi connectivity index (χ4n) is 3.52. The molecular weight excluding hydrogens is 296 g/mol. The molecule has 0 amide bonds. The van der Waals surface area contributed by atoms with Crippen LogP contribution in [0, 0.1) is 0 Å². The van der Waals surface area contributed by atoms with Crippen LogP contribution in [0.15, 0.2) is 48.7 Å². The van der Waals surface area contributed by atoms with Gasteiger partial charge in [0.15, 0.2) is 11.6 Å². The molecule has 0 aliphatic heterocycles. The number of nitrogens with zero attached hydrogens (tertiary/aromatic N) is 2. The Morgan fingerprint density at radius 1 is 0.958 bits per heavy atom. The SMILES string of the molecule is Nc1ncc(-c2cccc3ccccc23)nc1NC1CCCCC1. The number of aromatic nitrogens is 2. The quantitative estimate of drug-likeness (QED) is 0.739. The number of hydrogen-bond donors (Lipinski definition) is 2.